The van der Waals surface area contributed by atoms with E-state index in [1.807, 2.05) is 19.1 Å². The molecule has 94 valence electrons. The molecule has 0 heterocycles. The van der Waals surface area contributed by atoms with Gasteiger partial charge in [-0.1, -0.05) is 32.4 Å². The quantitative estimate of drug-likeness (QED) is 0.795. The lowest BCUT2D eigenvalue weighted by Crippen LogP contribution is -2.34. The van der Waals surface area contributed by atoms with Crippen molar-refractivity contribution < 1.29 is 4.79 Å². The summed E-state index contributed by atoms with van der Waals surface area (Å²) in [6.07, 6.45) is 4.15. The number of nitrogens with two attached hydrogens (primary N) is 1. The Hall–Kier alpha value is -1.35. The zero-order valence-electron chi connectivity index (χ0n) is 10.7. The Morgan fingerprint density at radius 3 is 2.47 bits per heavy atom. The second-order valence-electron chi connectivity index (χ2n) is 4.30. The first-order valence-electron chi connectivity index (χ1n) is 6.32. The van der Waals surface area contributed by atoms with Gasteiger partial charge in [-0.15, -0.1) is 0 Å². The van der Waals surface area contributed by atoms with Crippen LogP contribution in [0.4, 0.5) is 5.69 Å². The van der Waals surface area contributed by atoms with Crippen LogP contribution in [0.15, 0.2) is 24.3 Å². The topological polar surface area (TPSA) is 55.1 Å². The van der Waals surface area contributed by atoms with Gasteiger partial charge in [0.1, 0.15) is 0 Å². The molecule has 0 saturated carbocycles. The lowest BCUT2D eigenvalue weighted by atomic mass is 10.1. The van der Waals surface area contributed by atoms with E-state index >= 15 is 0 Å². The van der Waals surface area contributed by atoms with E-state index < -0.39 is 6.04 Å². The molecule has 1 unspecified atom stereocenters. The normalized spacial score (nSPS) is 12.2. The molecule has 3 N–H and O–H groups in total. The van der Waals surface area contributed by atoms with Crippen molar-refractivity contribution in [1.29, 1.82) is 0 Å². The van der Waals surface area contributed by atoms with Crippen molar-refractivity contribution in [3.8, 4) is 0 Å². The number of amides is 1. The summed E-state index contributed by atoms with van der Waals surface area (Å²) in [5.41, 5.74) is 7.78. The van der Waals surface area contributed by atoms with Crippen LogP contribution in [0, 0.1) is 0 Å². The van der Waals surface area contributed by atoms with Gasteiger partial charge in [0.2, 0.25) is 5.91 Å². The van der Waals surface area contributed by atoms with Gasteiger partial charge in [0.25, 0.3) is 0 Å². The molecule has 1 amide bonds. The van der Waals surface area contributed by atoms with Crippen LogP contribution in [0.3, 0.4) is 0 Å². The molecule has 0 aliphatic heterocycles. The largest absolute Gasteiger partial charge is 0.325 e. The van der Waals surface area contributed by atoms with Crippen molar-refractivity contribution in [2.45, 2.75) is 45.6 Å². The van der Waals surface area contributed by atoms with Crippen LogP contribution < -0.4 is 11.1 Å². The van der Waals surface area contributed by atoms with E-state index in [0.717, 1.165) is 12.1 Å². The van der Waals surface area contributed by atoms with Crippen molar-refractivity contribution in [2.24, 2.45) is 5.73 Å². The Labute approximate surface area is 103 Å². The zero-order chi connectivity index (χ0) is 12.7. The van der Waals surface area contributed by atoms with Crippen molar-refractivity contribution in [1.82, 2.24) is 0 Å². The molecule has 0 radical (unpaired) electrons. The van der Waals surface area contributed by atoms with Gasteiger partial charge >= 0.3 is 0 Å². The number of unbranched alkanes of at least 4 members (excludes halogenated alkanes) is 1. The molecular formula is C14H22N2O. The Morgan fingerprint density at radius 2 is 1.94 bits per heavy atom. The fourth-order valence-corrected chi connectivity index (χ4v) is 1.56. The average Bonchev–Trinajstić information content (AvgIpc) is 2.37. The minimum absolute atomic E-state index is 0.117. The van der Waals surface area contributed by atoms with Crippen molar-refractivity contribution in [3.05, 3.63) is 29.8 Å². The van der Waals surface area contributed by atoms with Gasteiger partial charge in [-0.3, -0.25) is 4.79 Å². The fraction of sp³-hybridized carbons (Fsp3) is 0.500. The Balaban J connectivity index is 2.53. The van der Waals surface area contributed by atoms with Crippen LogP contribution in [0.1, 0.15) is 38.7 Å². The molecule has 0 spiro atoms. The predicted octanol–water partition coefficient (Wildman–Crippen LogP) is 2.71. The van der Waals surface area contributed by atoms with E-state index in [4.69, 9.17) is 5.73 Å². The highest BCUT2D eigenvalue weighted by Gasteiger charge is 2.10. The minimum atomic E-state index is -0.422. The van der Waals surface area contributed by atoms with E-state index in [-0.39, 0.29) is 5.91 Å². The van der Waals surface area contributed by atoms with Crippen molar-refractivity contribution in [2.75, 3.05) is 5.32 Å². The Morgan fingerprint density at radius 1 is 1.29 bits per heavy atom. The second kappa shape index (κ2) is 7.07. The third kappa shape index (κ3) is 4.57. The van der Waals surface area contributed by atoms with Gasteiger partial charge in [0, 0.05) is 5.69 Å². The second-order valence-corrected chi connectivity index (χ2v) is 4.30. The molecule has 1 rings (SSSR count). The standard InChI is InChI=1S/C14H22N2O/c1-3-5-6-11-7-9-12(10-8-11)16-14(17)13(15)4-2/h7-10,13H,3-6,15H2,1-2H3,(H,16,17). The van der Waals surface area contributed by atoms with Gasteiger partial charge in [0.15, 0.2) is 0 Å². The van der Waals surface area contributed by atoms with Crippen LogP contribution in [-0.4, -0.2) is 11.9 Å². The van der Waals surface area contributed by atoms with Crippen LogP contribution in [0.5, 0.6) is 0 Å². The molecule has 0 bridgehead atoms. The van der Waals surface area contributed by atoms with Crippen LogP contribution in [-0.2, 0) is 11.2 Å². The molecule has 1 aromatic rings. The summed E-state index contributed by atoms with van der Waals surface area (Å²) < 4.78 is 0. The lowest BCUT2D eigenvalue weighted by molar-refractivity contribution is -0.117. The maximum atomic E-state index is 11.6. The minimum Gasteiger partial charge on any atom is -0.325 e. The van der Waals surface area contributed by atoms with Crippen LogP contribution in [0.2, 0.25) is 0 Å². The van der Waals surface area contributed by atoms with E-state index in [0.29, 0.717) is 6.42 Å². The van der Waals surface area contributed by atoms with Gasteiger partial charge in [0.05, 0.1) is 6.04 Å². The fourth-order valence-electron chi connectivity index (χ4n) is 1.56. The summed E-state index contributed by atoms with van der Waals surface area (Å²) in [4.78, 5) is 11.6. The van der Waals surface area contributed by atoms with Crippen LogP contribution >= 0.6 is 0 Å². The molecule has 0 aromatic heterocycles. The smallest absolute Gasteiger partial charge is 0.241 e. The summed E-state index contributed by atoms with van der Waals surface area (Å²) >= 11 is 0. The number of hydrogen-bond donors (Lipinski definition) is 2. The number of carbonyl (C=O) groups excluding carboxylic acids is 1. The Bertz CT molecular complexity index is 346. The molecule has 0 aliphatic rings. The average molecular weight is 234 g/mol. The highest BCUT2D eigenvalue weighted by molar-refractivity contribution is 5.94. The highest BCUT2D eigenvalue weighted by atomic mass is 16.2. The van der Waals surface area contributed by atoms with Crippen molar-refractivity contribution >= 4 is 11.6 Å². The van der Waals surface area contributed by atoms with E-state index in [1.54, 1.807) is 0 Å². The molecule has 3 heteroatoms. The third-order valence-electron chi connectivity index (χ3n) is 2.82. The summed E-state index contributed by atoms with van der Waals surface area (Å²) in [6, 6.07) is 7.57. The predicted molar refractivity (Wildman–Crippen MR) is 72.0 cm³/mol. The molecule has 0 fully saturated rings. The number of nitrogens with one attached hydrogen (secondary N) is 1. The number of rotatable bonds is 6. The van der Waals surface area contributed by atoms with Gasteiger partial charge in [-0.05, 0) is 37.0 Å². The van der Waals surface area contributed by atoms with E-state index in [9.17, 15) is 4.79 Å². The SMILES string of the molecule is CCCCc1ccc(NC(=O)C(N)CC)cc1. The number of aryl methyl sites for hydroxylation is 1. The summed E-state index contributed by atoms with van der Waals surface area (Å²) in [7, 11) is 0. The monoisotopic (exact) mass is 234 g/mol. The molecule has 3 nitrogen and oxygen atoms in total. The maximum Gasteiger partial charge on any atom is 0.241 e. The first-order valence-corrected chi connectivity index (χ1v) is 6.32. The van der Waals surface area contributed by atoms with Gasteiger partial charge in [-0.2, -0.15) is 0 Å². The number of benzene rings is 1. The third-order valence-corrected chi connectivity index (χ3v) is 2.82. The number of anilines is 1. The first-order chi connectivity index (χ1) is 8.17. The zero-order valence-corrected chi connectivity index (χ0v) is 10.7. The summed E-state index contributed by atoms with van der Waals surface area (Å²) in [6.45, 7) is 4.08. The van der Waals surface area contributed by atoms with Crippen molar-refractivity contribution in [3.63, 3.8) is 0 Å². The molecule has 0 saturated heterocycles. The lowest BCUT2D eigenvalue weighted by Gasteiger charge is -2.10. The Kier molecular flexibility index (Phi) is 5.70. The molecule has 1 atom stereocenters. The van der Waals surface area contributed by atoms with E-state index in [2.05, 4.69) is 24.4 Å². The van der Waals surface area contributed by atoms with Crippen LogP contribution in [0.25, 0.3) is 0 Å². The number of hydrogen-bond acceptors (Lipinski definition) is 2. The molecule has 17 heavy (non-hydrogen) atoms. The summed E-state index contributed by atoms with van der Waals surface area (Å²) in [5.74, 6) is -0.117. The number of carbonyl (C=O) groups is 1. The molecule has 0 aliphatic carbocycles. The van der Waals surface area contributed by atoms with E-state index in [1.165, 1.54) is 18.4 Å². The van der Waals surface area contributed by atoms with Gasteiger partial charge < -0.3 is 11.1 Å². The first kappa shape index (κ1) is 13.7. The molecular weight excluding hydrogens is 212 g/mol. The van der Waals surface area contributed by atoms with Gasteiger partial charge in [-0.25, -0.2) is 0 Å². The summed E-state index contributed by atoms with van der Waals surface area (Å²) in [5, 5.41) is 2.81. The highest BCUT2D eigenvalue weighted by Crippen LogP contribution is 2.12. The molecule has 1 aromatic carbocycles. The maximum absolute atomic E-state index is 11.6.